The predicted octanol–water partition coefficient (Wildman–Crippen LogP) is 2.41. The first-order valence-corrected chi connectivity index (χ1v) is 8.22. The van der Waals surface area contributed by atoms with Crippen LogP contribution in [0.15, 0.2) is 22.7 Å². The summed E-state index contributed by atoms with van der Waals surface area (Å²) in [5.74, 6) is -0.138. The zero-order valence-electron chi connectivity index (χ0n) is 12.9. The Morgan fingerprint density at radius 2 is 2.23 bits per heavy atom. The number of carbonyl (C=O) groups excluding carboxylic acids is 2. The molecule has 2 amide bonds. The normalized spacial score (nSPS) is 17.3. The van der Waals surface area contributed by atoms with Crippen LogP contribution >= 0.6 is 15.9 Å². The molecule has 1 saturated heterocycles. The van der Waals surface area contributed by atoms with Crippen molar-refractivity contribution < 1.29 is 14.3 Å². The fourth-order valence-corrected chi connectivity index (χ4v) is 2.70. The Morgan fingerprint density at radius 3 is 2.82 bits per heavy atom. The second-order valence-electron chi connectivity index (χ2n) is 5.40. The van der Waals surface area contributed by atoms with Gasteiger partial charge in [0.15, 0.2) is 0 Å². The zero-order chi connectivity index (χ0) is 16.1. The molecule has 2 rings (SSSR count). The van der Waals surface area contributed by atoms with Gasteiger partial charge in [0, 0.05) is 36.8 Å². The summed E-state index contributed by atoms with van der Waals surface area (Å²) >= 11 is 3.45. The van der Waals surface area contributed by atoms with Crippen LogP contribution in [0.1, 0.15) is 25.3 Å². The number of amides is 2. The van der Waals surface area contributed by atoms with E-state index in [0.29, 0.717) is 19.7 Å². The van der Waals surface area contributed by atoms with E-state index in [1.165, 1.54) is 6.92 Å². The van der Waals surface area contributed by atoms with Gasteiger partial charge < -0.3 is 15.0 Å². The minimum absolute atomic E-state index is 0.0481. The van der Waals surface area contributed by atoms with Gasteiger partial charge in [0.05, 0.1) is 0 Å². The monoisotopic (exact) mass is 368 g/mol. The Balaban J connectivity index is 1.93. The minimum atomic E-state index is -0.333. The van der Waals surface area contributed by atoms with Crippen LogP contribution in [0.4, 0.5) is 5.69 Å². The number of anilines is 1. The van der Waals surface area contributed by atoms with Crippen LogP contribution in [-0.2, 0) is 14.3 Å². The van der Waals surface area contributed by atoms with Crippen molar-refractivity contribution in [3.8, 4) is 0 Å². The third-order valence-electron chi connectivity index (χ3n) is 3.69. The number of benzene rings is 1. The number of nitrogens with one attached hydrogen (secondary N) is 1. The summed E-state index contributed by atoms with van der Waals surface area (Å²) in [6, 6.07) is 5.76. The molecule has 0 radical (unpaired) electrons. The molecular weight excluding hydrogens is 348 g/mol. The minimum Gasteiger partial charge on any atom is -0.368 e. The highest BCUT2D eigenvalue weighted by Crippen LogP contribution is 2.23. The lowest BCUT2D eigenvalue weighted by Gasteiger charge is -2.22. The topological polar surface area (TPSA) is 58.6 Å². The van der Waals surface area contributed by atoms with Crippen molar-refractivity contribution in [3.63, 3.8) is 0 Å². The molecule has 0 spiro atoms. The lowest BCUT2D eigenvalue weighted by atomic mass is 10.2. The molecule has 1 unspecified atom stereocenters. The maximum absolute atomic E-state index is 11.9. The Labute approximate surface area is 139 Å². The van der Waals surface area contributed by atoms with E-state index < -0.39 is 0 Å². The summed E-state index contributed by atoms with van der Waals surface area (Å²) < 4.78 is 6.34. The van der Waals surface area contributed by atoms with Crippen molar-refractivity contribution in [2.45, 2.75) is 32.8 Å². The highest BCUT2D eigenvalue weighted by Gasteiger charge is 2.23. The second-order valence-corrected chi connectivity index (χ2v) is 6.25. The Hall–Kier alpha value is -1.40. The number of nitrogens with zero attached hydrogens (tertiary/aromatic N) is 1. The van der Waals surface area contributed by atoms with Gasteiger partial charge in [-0.2, -0.15) is 0 Å². The van der Waals surface area contributed by atoms with Gasteiger partial charge >= 0.3 is 0 Å². The molecule has 5 nitrogen and oxygen atoms in total. The second kappa shape index (κ2) is 7.74. The summed E-state index contributed by atoms with van der Waals surface area (Å²) in [5, 5.41) is 2.84. The van der Waals surface area contributed by atoms with Gasteiger partial charge in [-0.05, 0) is 43.5 Å². The van der Waals surface area contributed by atoms with Crippen molar-refractivity contribution in [3.05, 3.63) is 28.2 Å². The van der Waals surface area contributed by atoms with Gasteiger partial charge in [0.25, 0.3) is 0 Å². The van der Waals surface area contributed by atoms with Gasteiger partial charge in [-0.25, -0.2) is 0 Å². The molecule has 0 saturated carbocycles. The molecule has 1 heterocycles. The van der Waals surface area contributed by atoms with E-state index in [0.717, 1.165) is 28.6 Å². The molecule has 1 atom stereocenters. The third-order valence-corrected chi connectivity index (χ3v) is 4.58. The summed E-state index contributed by atoms with van der Waals surface area (Å²) in [7, 11) is 0. The molecule has 0 bridgehead atoms. The quantitative estimate of drug-likeness (QED) is 0.867. The molecule has 0 aromatic heterocycles. The molecule has 1 aromatic rings. The van der Waals surface area contributed by atoms with Crippen LogP contribution in [-0.4, -0.2) is 37.6 Å². The number of hydrogen-bond acceptors (Lipinski definition) is 3. The lowest BCUT2D eigenvalue weighted by Crippen LogP contribution is -2.41. The van der Waals surface area contributed by atoms with E-state index in [9.17, 15) is 9.59 Å². The smallest absolute Gasteiger partial charge is 0.249 e. The fraction of sp³-hybridized carbons (Fsp3) is 0.500. The van der Waals surface area contributed by atoms with E-state index in [1.807, 2.05) is 25.1 Å². The van der Waals surface area contributed by atoms with Crippen molar-refractivity contribution >= 4 is 33.4 Å². The highest BCUT2D eigenvalue weighted by molar-refractivity contribution is 9.10. The Bertz CT molecular complexity index is 556. The van der Waals surface area contributed by atoms with Crippen LogP contribution in [0.5, 0.6) is 0 Å². The van der Waals surface area contributed by atoms with Gasteiger partial charge in [-0.1, -0.05) is 15.9 Å². The predicted molar refractivity (Wildman–Crippen MR) is 88.9 cm³/mol. The average Bonchev–Trinajstić information content (AvgIpc) is 3.00. The van der Waals surface area contributed by atoms with Gasteiger partial charge in [0.1, 0.15) is 6.10 Å². The molecule has 1 aliphatic heterocycles. The van der Waals surface area contributed by atoms with Gasteiger partial charge in [-0.3, -0.25) is 9.59 Å². The maximum atomic E-state index is 11.9. The fourth-order valence-electron chi connectivity index (χ4n) is 2.45. The SMILES string of the molecule is CC(=O)N(CCNC(=O)C1CCCO1)c1ccc(Br)c(C)c1. The first kappa shape index (κ1) is 17.0. The average molecular weight is 369 g/mol. The standard InChI is InChI=1S/C16H21BrN2O3/c1-11-10-13(5-6-14(11)17)19(12(2)20)8-7-18-16(21)15-4-3-9-22-15/h5-6,10,15H,3-4,7-9H2,1-2H3,(H,18,21). The van der Waals surface area contributed by atoms with E-state index >= 15 is 0 Å². The van der Waals surface area contributed by atoms with E-state index in [4.69, 9.17) is 4.74 Å². The van der Waals surface area contributed by atoms with Crippen LogP contribution in [0.2, 0.25) is 0 Å². The van der Waals surface area contributed by atoms with Crippen LogP contribution in [0, 0.1) is 6.92 Å². The number of carbonyl (C=O) groups is 2. The molecule has 1 aromatic carbocycles. The summed E-state index contributed by atoms with van der Waals surface area (Å²) in [5.41, 5.74) is 1.90. The van der Waals surface area contributed by atoms with Crippen LogP contribution in [0.3, 0.4) is 0 Å². The molecule has 1 fully saturated rings. The number of aryl methyl sites for hydroxylation is 1. The zero-order valence-corrected chi connectivity index (χ0v) is 14.5. The van der Waals surface area contributed by atoms with Crippen molar-refractivity contribution in [2.75, 3.05) is 24.6 Å². The Morgan fingerprint density at radius 1 is 1.45 bits per heavy atom. The number of rotatable bonds is 5. The molecule has 1 aliphatic rings. The molecule has 22 heavy (non-hydrogen) atoms. The maximum Gasteiger partial charge on any atom is 0.249 e. The lowest BCUT2D eigenvalue weighted by molar-refractivity contribution is -0.130. The summed E-state index contributed by atoms with van der Waals surface area (Å²) in [6.07, 6.45) is 1.37. The molecule has 120 valence electrons. The largest absolute Gasteiger partial charge is 0.368 e. The third kappa shape index (κ3) is 4.30. The van der Waals surface area contributed by atoms with Crippen LogP contribution < -0.4 is 10.2 Å². The van der Waals surface area contributed by atoms with Gasteiger partial charge in [0.2, 0.25) is 11.8 Å². The first-order chi connectivity index (χ1) is 10.5. The molecule has 1 N–H and O–H groups in total. The van der Waals surface area contributed by atoms with E-state index in [1.54, 1.807) is 4.90 Å². The molecule has 0 aliphatic carbocycles. The summed E-state index contributed by atoms with van der Waals surface area (Å²) in [4.78, 5) is 25.4. The Kier molecular flexibility index (Phi) is 5.97. The summed E-state index contributed by atoms with van der Waals surface area (Å²) in [6.45, 7) is 5.00. The number of ether oxygens (including phenoxy) is 1. The van der Waals surface area contributed by atoms with E-state index in [-0.39, 0.29) is 17.9 Å². The first-order valence-electron chi connectivity index (χ1n) is 7.42. The number of halogens is 1. The molecule has 6 heteroatoms. The number of hydrogen-bond donors (Lipinski definition) is 1. The van der Waals surface area contributed by atoms with Crippen molar-refractivity contribution in [1.29, 1.82) is 0 Å². The van der Waals surface area contributed by atoms with E-state index in [2.05, 4.69) is 21.2 Å². The van der Waals surface area contributed by atoms with Crippen molar-refractivity contribution in [1.82, 2.24) is 5.32 Å². The van der Waals surface area contributed by atoms with Crippen LogP contribution in [0.25, 0.3) is 0 Å². The van der Waals surface area contributed by atoms with Gasteiger partial charge in [-0.15, -0.1) is 0 Å². The molecular formula is C16H21BrN2O3. The highest BCUT2D eigenvalue weighted by atomic mass is 79.9. The van der Waals surface area contributed by atoms with Crippen molar-refractivity contribution in [2.24, 2.45) is 0 Å².